The molecule has 8 aromatic carbocycles. The molecule has 0 unspecified atom stereocenters. The minimum absolute atomic E-state index is 0.489. The maximum absolute atomic E-state index is 5.07. The van der Waals surface area contributed by atoms with E-state index in [1.54, 1.807) is 0 Å². The summed E-state index contributed by atoms with van der Waals surface area (Å²) < 4.78 is 3.74. The first-order chi connectivity index (χ1) is 33.2. The van der Waals surface area contributed by atoms with E-state index in [2.05, 4.69) is 206 Å². The van der Waals surface area contributed by atoms with Crippen molar-refractivity contribution in [2.45, 2.75) is 5.41 Å². The highest BCUT2D eigenvalue weighted by atomic mass is 15.3. The molecule has 1 aliphatic rings. The van der Waals surface area contributed by atoms with E-state index < -0.39 is 5.41 Å². The van der Waals surface area contributed by atoms with Gasteiger partial charge in [0, 0.05) is 34.6 Å². The Morgan fingerprint density at radius 3 is 1.27 bits per heavy atom. The summed E-state index contributed by atoms with van der Waals surface area (Å²) in [7, 11) is 0. The first-order valence-electron chi connectivity index (χ1n) is 22.6. The van der Waals surface area contributed by atoms with Crippen LogP contribution in [0, 0.1) is 0 Å². The standard InChI is InChI=1S/C61H40N6/c1-5-16-41(17-6-1)46-29-32-57-62-59(64-66(57)39-46)49-35-48(36-50(37-49)60-63-58-33-30-47(40-67(58)65-60)42-18-7-2-8-19-42)44-21-15-20-43(34-44)45-28-31-54-53-26-13-14-27-55(53)61(56(54)38-45,51-22-9-3-10-23-51)52-24-11-4-12-25-52/h1-40H. The number of fused-ring (bicyclic) bond motifs is 5. The van der Waals surface area contributed by atoms with E-state index in [0.717, 1.165) is 66.9 Å². The van der Waals surface area contributed by atoms with Gasteiger partial charge in [-0.05, 0) is 121 Å². The van der Waals surface area contributed by atoms with Gasteiger partial charge in [-0.3, -0.25) is 0 Å². The zero-order valence-corrected chi connectivity index (χ0v) is 36.3. The van der Waals surface area contributed by atoms with E-state index in [0.29, 0.717) is 11.6 Å². The minimum atomic E-state index is -0.489. The SMILES string of the molecule is c1ccc(-c2ccc3nc(-c4cc(-c5cccc(-c6ccc7c(c6)C(c6ccccc6)(c6ccccc6)c6ccccc6-7)c5)cc(-c5nc6ccc(-c7ccccc7)cn6n5)c4)nn3c2)cc1. The van der Waals surface area contributed by atoms with Crippen molar-refractivity contribution >= 4 is 11.3 Å². The fraction of sp³-hybridized carbons (Fsp3) is 0.0164. The van der Waals surface area contributed by atoms with E-state index in [9.17, 15) is 0 Å². The van der Waals surface area contributed by atoms with E-state index in [1.807, 2.05) is 45.7 Å². The van der Waals surface area contributed by atoms with Gasteiger partial charge in [-0.2, -0.15) is 0 Å². The van der Waals surface area contributed by atoms with Crippen molar-refractivity contribution in [3.8, 4) is 78.4 Å². The lowest BCUT2D eigenvalue weighted by Crippen LogP contribution is -2.28. The molecule has 0 saturated heterocycles. The quantitative estimate of drug-likeness (QED) is 0.153. The Morgan fingerprint density at radius 1 is 0.284 bits per heavy atom. The second-order valence-corrected chi connectivity index (χ2v) is 17.2. The summed E-state index contributed by atoms with van der Waals surface area (Å²) in [4.78, 5) is 10.1. The lowest BCUT2D eigenvalue weighted by Gasteiger charge is -2.34. The van der Waals surface area contributed by atoms with Crippen molar-refractivity contribution in [1.82, 2.24) is 29.2 Å². The molecule has 0 amide bonds. The molecule has 0 radical (unpaired) electrons. The van der Waals surface area contributed by atoms with Crippen LogP contribution in [0.1, 0.15) is 22.3 Å². The lowest BCUT2D eigenvalue weighted by molar-refractivity contribution is 0.769. The van der Waals surface area contributed by atoms with Crippen LogP contribution in [0.4, 0.5) is 0 Å². The second kappa shape index (κ2) is 15.6. The number of pyridine rings is 2. The maximum atomic E-state index is 5.07. The largest absolute Gasteiger partial charge is 0.220 e. The van der Waals surface area contributed by atoms with E-state index in [1.165, 1.54) is 33.4 Å². The molecule has 67 heavy (non-hydrogen) atoms. The van der Waals surface area contributed by atoms with Crippen LogP contribution in [0.2, 0.25) is 0 Å². The van der Waals surface area contributed by atoms with Crippen LogP contribution in [-0.2, 0) is 5.41 Å². The molecule has 0 spiro atoms. The first-order valence-corrected chi connectivity index (χ1v) is 22.6. The van der Waals surface area contributed by atoms with Crippen LogP contribution in [0.15, 0.2) is 243 Å². The molecular weight excluding hydrogens is 817 g/mol. The maximum Gasteiger partial charge on any atom is 0.182 e. The third-order valence-electron chi connectivity index (χ3n) is 13.3. The summed E-state index contributed by atoms with van der Waals surface area (Å²) in [5, 5.41) is 10.1. The van der Waals surface area contributed by atoms with Gasteiger partial charge in [0.25, 0.3) is 0 Å². The summed E-state index contributed by atoms with van der Waals surface area (Å²) in [5.74, 6) is 1.24. The predicted molar refractivity (Wildman–Crippen MR) is 269 cm³/mol. The molecule has 314 valence electrons. The van der Waals surface area contributed by atoms with Gasteiger partial charge in [-0.1, -0.05) is 176 Å². The zero-order chi connectivity index (χ0) is 44.3. The van der Waals surface area contributed by atoms with Crippen molar-refractivity contribution in [3.05, 3.63) is 265 Å². The Balaban J connectivity index is 0.955. The number of rotatable bonds is 8. The Morgan fingerprint density at radius 2 is 0.701 bits per heavy atom. The van der Waals surface area contributed by atoms with Gasteiger partial charge in [0.15, 0.2) is 22.9 Å². The van der Waals surface area contributed by atoms with Gasteiger partial charge < -0.3 is 0 Å². The third kappa shape index (κ3) is 6.49. The zero-order valence-electron chi connectivity index (χ0n) is 36.3. The van der Waals surface area contributed by atoms with E-state index in [-0.39, 0.29) is 0 Å². The number of aromatic nitrogens is 6. The average Bonchev–Trinajstić information content (AvgIpc) is 4.12. The van der Waals surface area contributed by atoms with Crippen molar-refractivity contribution in [1.29, 1.82) is 0 Å². The molecule has 0 N–H and O–H groups in total. The van der Waals surface area contributed by atoms with Crippen LogP contribution >= 0.6 is 0 Å². The lowest BCUT2D eigenvalue weighted by atomic mass is 9.67. The Hall–Kier alpha value is -9.00. The summed E-state index contributed by atoms with van der Waals surface area (Å²) in [6, 6.07) is 82.1. The van der Waals surface area contributed by atoms with E-state index >= 15 is 0 Å². The third-order valence-corrected chi connectivity index (χ3v) is 13.3. The van der Waals surface area contributed by atoms with Gasteiger partial charge in [0.1, 0.15) is 0 Å². The molecule has 0 fully saturated rings. The Kier molecular flexibility index (Phi) is 8.96. The summed E-state index contributed by atoms with van der Waals surface area (Å²) in [6.45, 7) is 0. The molecule has 6 heteroatoms. The van der Waals surface area contributed by atoms with Gasteiger partial charge in [0.05, 0.1) is 5.41 Å². The molecular formula is C61H40N6. The van der Waals surface area contributed by atoms with Crippen LogP contribution < -0.4 is 0 Å². The molecule has 4 heterocycles. The highest BCUT2D eigenvalue weighted by Gasteiger charge is 2.46. The molecule has 12 aromatic rings. The molecule has 6 nitrogen and oxygen atoms in total. The van der Waals surface area contributed by atoms with E-state index in [4.69, 9.17) is 20.2 Å². The summed E-state index contributed by atoms with van der Waals surface area (Å²) in [6.07, 6.45) is 4.09. The van der Waals surface area contributed by atoms with Crippen molar-refractivity contribution in [2.75, 3.05) is 0 Å². The van der Waals surface area contributed by atoms with Gasteiger partial charge in [-0.25, -0.2) is 19.0 Å². The Bertz CT molecular complexity index is 3630. The van der Waals surface area contributed by atoms with Crippen molar-refractivity contribution in [3.63, 3.8) is 0 Å². The normalized spacial score (nSPS) is 12.6. The average molecular weight is 857 g/mol. The second-order valence-electron chi connectivity index (χ2n) is 17.2. The van der Waals surface area contributed by atoms with Crippen LogP contribution in [0.5, 0.6) is 0 Å². The molecule has 0 atom stereocenters. The van der Waals surface area contributed by atoms with Crippen LogP contribution in [-0.4, -0.2) is 29.2 Å². The monoisotopic (exact) mass is 856 g/mol. The molecule has 0 bridgehead atoms. The van der Waals surface area contributed by atoms with Gasteiger partial charge in [0.2, 0.25) is 0 Å². The molecule has 4 aromatic heterocycles. The molecule has 0 aliphatic heterocycles. The molecule has 1 aliphatic carbocycles. The highest BCUT2D eigenvalue weighted by molar-refractivity contribution is 5.89. The number of nitrogens with zero attached hydrogens (tertiary/aromatic N) is 6. The van der Waals surface area contributed by atoms with Gasteiger partial charge in [-0.15, -0.1) is 10.2 Å². The first kappa shape index (κ1) is 38.5. The fourth-order valence-electron chi connectivity index (χ4n) is 10.2. The highest BCUT2D eigenvalue weighted by Crippen LogP contribution is 2.56. The predicted octanol–water partition coefficient (Wildman–Crippen LogP) is 14.1. The summed E-state index contributed by atoms with van der Waals surface area (Å²) in [5.41, 5.74) is 19.1. The minimum Gasteiger partial charge on any atom is -0.220 e. The van der Waals surface area contributed by atoms with Crippen molar-refractivity contribution < 1.29 is 0 Å². The Labute approximate surface area is 387 Å². The smallest absolute Gasteiger partial charge is 0.182 e. The van der Waals surface area contributed by atoms with Gasteiger partial charge >= 0.3 is 0 Å². The topological polar surface area (TPSA) is 60.4 Å². The van der Waals surface area contributed by atoms with Crippen LogP contribution in [0.25, 0.3) is 89.7 Å². The molecule has 0 saturated carbocycles. The number of benzene rings is 8. The van der Waals surface area contributed by atoms with Crippen LogP contribution in [0.3, 0.4) is 0 Å². The molecule has 13 rings (SSSR count). The van der Waals surface area contributed by atoms with Crippen molar-refractivity contribution in [2.24, 2.45) is 0 Å². The number of hydrogen-bond donors (Lipinski definition) is 0. The fourth-order valence-corrected chi connectivity index (χ4v) is 10.2. The number of hydrogen-bond acceptors (Lipinski definition) is 4. The summed E-state index contributed by atoms with van der Waals surface area (Å²) >= 11 is 0.